The molecule has 1 fully saturated rings. The van der Waals surface area contributed by atoms with Gasteiger partial charge in [-0.2, -0.15) is 0 Å². The minimum atomic E-state index is -0.226. The molecular formula is C19H22FN3OS. The summed E-state index contributed by atoms with van der Waals surface area (Å²) < 4.78 is 14.0. The van der Waals surface area contributed by atoms with Crippen molar-refractivity contribution in [1.82, 2.24) is 14.8 Å². The number of nitrogens with zero attached hydrogens (tertiary/aromatic N) is 3. The molecule has 1 aromatic heterocycles. The normalized spacial score (nSPS) is 20.6. The SMILES string of the molecule is CN(C)C(=O)[C@@H]1C[C@@H](Sc2ccccn2)CN1Cc1ccccc1F. The first-order chi connectivity index (χ1) is 12.0. The van der Waals surface area contributed by atoms with Crippen LogP contribution in [0.4, 0.5) is 4.39 Å². The molecule has 3 rings (SSSR count). The fourth-order valence-corrected chi connectivity index (χ4v) is 4.27. The minimum Gasteiger partial charge on any atom is -0.347 e. The highest BCUT2D eigenvalue weighted by Crippen LogP contribution is 2.33. The van der Waals surface area contributed by atoms with Crippen molar-refractivity contribution < 1.29 is 9.18 Å². The fraction of sp³-hybridized carbons (Fsp3) is 0.368. The Balaban J connectivity index is 1.76. The van der Waals surface area contributed by atoms with E-state index in [2.05, 4.69) is 9.88 Å². The number of thioether (sulfide) groups is 1. The molecule has 4 nitrogen and oxygen atoms in total. The smallest absolute Gasteiger partial charge is 0.239 e. The van der Waals surface area contributed by atoms with Gasteiger partial charge in [-0.15, -0.1) is 11.8 Å². The predicted octanol–water partition coefficient (Wildman–Crippen LogP) is 3.04. The number of likely N-dealkylation sites (N-methyl/N-ethyl adjacent to an activating group) is 1. The van der Waals surface area contributed by atoms with Crippen molar-refractivity contribution in [2.24, 2.45) is 0 Å². The Bertz CT molecular complexity index is 726. The maximum atomic E-state index is 14.0. The molecule has 2 atom stereocenters. The molecule has 1 aliphatic rings. The first-order valence-corrected chi connectivity index (χ1v) is 9.19. The number of benzene rings is 1. The van der Waals surface area contributed by atoms with Crippen LogP contribution in [0.1, 0.15) is 12.0 Å². The molecule has 1 saturated heterocycles. The van der Waals surface area contributed by atoms with Gasteiger partial charge in [-0.05, 0) is 24.6 Å². The maximum Gasteiger partial charge on any atom is 0.239 e. The first-order valence-electron chi connectivity index (χ1n) is 8.31. The van der Waals surface area contributed by atoms with Crippen molar-refractivity contribution in [3.8, 4) is 0 Å². The van der Waals surface area contributed by atoms with Crippen LogP contribution in [0.2, 0.25) is 0 Å². The van der Waals surface area contributed by atoms with Gasteiger partial charge in [0.1, 0.15) is 5.82 Å². The number of rotatable bonds is 5. The molecular weight excluding hydrogens is 337 g/mol. The van der Waals surface area contributed by atoms with E-state index in [1.807, 2.05) is 24.3 Å². The Morgan fingerprint density at radius 2 is 2.04 bits per heavy atom. The van der Waals surface area contributed by atoms with Gasteiger partial charge in [0, 0.05) is 44.2 Å². The third kappa shape index (κ3) is 4.38. The van der Waals surface area contributed by atoms with Gasteiger partial charge in [0.15, 0.2) is 0 Å². The molecule has 0 saturated carbocycles. The summed E-state index contributed by atoms with van der Waals surface area (Å²) in [6, 6.07) is 12.4. The van der Waals surface area contributed by atoms with Gasteiger partial charge in [0.25, 0.3) is 0 Å². The molecule has 0 radical (unpaired) electrons. The summed E-state index contributed by atoms with van der Waals surface area (Å²) in [5.74, 6) is -0.153. The van der Waals surface area contributed by atoms with Crippen molar-refractivity contribution in [3.63, 3.8) is 0 Å². The number of halogens is 1. The van der Waals surface area contributed by atoms with Crippen molar-refractivity contribution >= 4 is 17.7 Å². The minimum absolute atomic E-state index is 0.0699. The number of carbonyl (C=O) groups is 1. The summed E-state index contributed by atoms with van der Waals surface area (Å²) >= 11 is 1.69. The van der Waals surface area contributed by atoms with Gasteiger partial charge in [-0.25, -0.2) is 9.37 Å². The summed E-state index contributed by atoms with van der Waals surface area (Å²) in [6.07, 6.45) is 2.52. The van der Waals surface area contributed by atoms with Crippen LogP contribution in [-0.4, -0.2) is 52.6 Å². The van der Waals surface area contributed by atoms with Gasteiger partial charge in [0.2, 0.25) is 5.91 Å². The zero-order valence-electron chi connectivity index (χ0n) is 14.4. The van der Waals surface area contributed by atoms with Gasteiger partial charge in [0.05, 0.1) is 11.1 Å². The van der Waals surface area contributed by atoms with Crippen LogP contribution in [0.3, 0.4) is 0 Å². The van der Waals surface area contributed by atoms with Crippen molar-refractivity contribution in [3.05, 3.63) is 60.0 Å². The molecule has 25 heavy (non-hydrogen) atoms. The maximum absolute atomic E-state index is 14.0. The number of aromatic nitrogens is 1. The number of pyridine rings is 1. The third-order valence-corrected chi connectivity index (χ3v) is 5.51. The molecule has 0 bridgehead atoms. The van der Waals surface area contributed by atoms with E-state index in [-0.39, 0.29) is 23.0 Å². The second-order valence-corrected chi connectivity index (χ2v) is 7.73. The second-order valence-electron chi connectivity index (χ2n) is 6.41. The van der Waals surface area contributed by atoms with E-state index in [1.54, 1.807) is 49.1 Å². The average molecular weight is 359 g/mol. The van der Waals surface area contributed by atoms with Crippen LogP contribution in [0.5, 0.6) is 0 Å². The molecule has 2 heterocycles. The van der Waals surface area contributed by atoms with Crippen LogP contribution < -0.4 is 0 Å². The largest absolute Gasteiger partial charge is 0.347 e. The van der Waals surface area contributed by atoms with Gasteiger partial charge < -0.3 is 4.90 Å². The monoisotopic (exact) mass is 359 g/mol. The molecule has 1 aliphatic heterocycles. The zero-order valence-corrected chi connectivity index (χ0v) is 15.2. The van der Waals surface area contributed by atoms with E-state index in [9.17, 15) is 9.18 Å². The molecule has 1 amide bonds. The summed E-state index contributed by atoms with van der Waals surface area (Å²) in [4.78, 5) is 20.7. The number of hydrogen-bond acceptors (Lipinski definition) is 4. The Kier molecular flexibility index (Phi) is 5.71. The summed E-state index contributed by atoms with van der Waals surface area (Å²) in [7, 11) is 3.53. The Hall–Kier alpha value is -1.92. The molecule has 1 aromatic carbocycles. The van der Waals surface area contributed by atoms with E-state index in [1.165, 1.54) is 6.07 Å². The highest BCUT2D eigenvalue weighted by Gasteiger charge is 2.38. The first kappa shape index (κ1) is 17.9. The lowest BCUT2D eigenvalue weighted by atomic mass is 10.1. The molecule has 0 spiro atoms. The average Bonchev–Trinajstić information content (AvgIpc) is 2.99. The van der Waals surface area contributed by atoms with Crippen molar-refractivity contribution in [1.29, 1.82) is 0 Å². The van der Waals surface area contributed by atoms with Gasteiger partial charge >= 0.3 is 0 Å². The van der Waals surface area contributed by atoms with Crippen LogP contribution >= 0.6 is 11.8 Å². The Labute approximate surface area is 152 Å². The van der Waals surface area contributed by atoms with E-state index in [0.29, 0.717) is 12.1 Å². The molecule has 6 heteroatoms. The lowest BCUT2D eigenvalue weighted by molar-refractivity contribution is -0.133. The molecule has 0 aliphatic carbocycles. The Morgan fingerprint density at radius 3 is 2.72 bits per heavy atom. The molecule has 0 N–H and O–H groups in total. The summed E-state index contributed by atoms with van der Waals surface area (Å²) in [5.41, 5.74) is 0.627. The predicted molar refractivity (Wildman–Crippen MR) is 97.8 cm³/mol. The van der Waals surface area contributed by atoms with Crippen LogP contribution in [0, 0.1) is 5.82 Å². The quantitative estimate of drug-likeness (QED) is 0.822. The Morgan fingerprint density at radius 1 is 1.28 bits per heavy atom. The number of likely N-dealkylation sites (tertiary alicyclic amines) is 1. The number of carbonyl (C=O) groups excluding carboxylic acids is 1. The van der Waals surface area contributed by atoms with Crippen molar-refractivity contribution in [2.45, 2.75) is 29.3 Å². The van der Waals surface area contributed by atoms with Gasteiger partial charge in [-0.3, -0.25) is 9.69 Å². The number of hydrogen-bond donors (Lipinski definition) is 0. The third-order valence-electron chi connectivity index (χ3n) is 4.35. The fourth-order valence-electron chi connectivity index (χ4n) is 3.11. The van der Waals surface area contributed by atoms with E-state index in [4.69, 9.17) is 0 Å². The molecule has 132 valence electrons. The lowest BCUT2D eigenvalue weighted by Gasteiger charge is -2.26. The molecule has 2 aromatic rings. The van der Waals surface area contributed by atoms with E-state index >= 15 is 0 Å². The van der Waals surface area contributed by atoms with E-state index in [0.717, 1.165) is 18.0 Å². The summed E-state index contributed by atoms with van der Waals surface area (Å²) in [6.45, 7) is 1.18. The number of amides is 1. The summed E-state index contributed by atoms with van der Waals surface area (Å²) in [5, 5.41) is 1.21. The lowest BCUT2D eigenvalue weighted by Crippen LogP contribution is -2.42. The highest BCUT2D eigenvalue weighted by molar-refractivity contribution is 7.99. The zero-order chi connectivity index (χ0) is 17.8. The van der Waals surface area contributed by atoms with Crippen LogP contribution in [0.25, 0.3) is 0 Å². The van der Waals surface area contributed by atoms with Crippen molar-refractivity contribution in [2.75, 3.05) is 20.6 Å². The van der Waals surface area contributed by atoms with Crippen LogP contribution in [0.15, 0.2) is 53.7 Å². The van der Waals surface area contributed by atoms with Crippen LogP contribution in [-0.2, 0) is 11.3 Å². The highest BCUT2D eigenvalue weighted by atomic mass is 32.2. The topological polar surface area (TPSA) is 36.4 Å². The van der Waals surface area contributed by atoms with Gasteiger partial charge in [-0.1, -0.05) is 24.3 Å². The standard InChI is InChI=1S/C19H22FN3OS/c1-22(2)19(24)17-11-15(25-18-9-5-6-10-21-18)13-23(17)12-14-7-3-4-8-16(14)20/h3-10,15,17H,11-13H2,1-2H3/t15-,17+/m1/s1. The molecule has 0 unspecified atom stereocenters. The second kappa shape index (κ2) is 7.97. The van der Waals surface area contributed by atoms with E-state index < -0.39 is 0 Å².